The number of benzene rings is 1. The molecular formula is C12H13N3O5S. The number of carbonyl (C=O) groups excluding carboxylic acids is 1. The average molecular weight is 311 g/mol. The third kappa shape index (κ3) is 2.85. The molecule has 0 spiro atoms. The fraction of sp³-hybridized carbons (Fsp3) is 0.417. The highest BCUT2D eigenvalue weighted by Gasteiger charge is 2.36. The lowest BCUT2D eigenvalue weighted by Crippen LogP contribution is -2.34. The van der Waals surface area contributed by atoms with Crippen LogP contribution in [0, 0.1) is 17.0 Å². The molecule has 2 rings (SSSR count). The Morgan fingerprint density at radius 1 is 1.48 bits per heavy atom. The number of aryl methyl sites for hydroxylation is 1. The second-order valence-corrected chi connectivity index (χ2v) is 6.55. The standard InChI is InChI=1S/C12H13N3O5S/c1-9-4-5-10(7-11(9)15(17)18)21(19,20)14-6-2-3-12(14)13-8-16/h4-5,7,12H,2-3,6H2,1H3. The van der Waals surface area contributed by atoms with Crippen LogP contribution in [0.5, 0.6) is 0 Å². The van der Waals surface area contributed by atoms with Gasteiger partial charge >= 0.3 is 0 Å². The maximum absolute atomic E-state index is 12.5. The summed E-state index contributed by atoms with van der Waals surface area (Å²) in [5.74, 6) is 0. The van der Waals surface area contributed by atoms with E-state index in [0.29, 0.717) is 18.4 Å². The number of hydrogen-bond donors (Lipinski definition) is 0. The number of nitro groups is 1. The van der Waals surface area contributed by atoms with Gasteiger partial charge in [0.1, 0.15) is 6.17 Å². The first-order chi connectivity index (χ1) is 9.87. The molecule has 1 fully saturated rings. The van der Waals surface area contributed by atoms with Gasteiger partial charge < -0.3 is 0 Å². The second-order valence-electron chi connectivity index (χ2n) is 4.66. The fourth-order valence-electron chi connectivity index (χ4n) is 2.27. The Morgan fingerprint density at radius 2 is 2.19 bits per heavy atom. The third-order valence-corrected chi connectivity index (χ3v) is 5.25. The van der Waals surface area contributed by atoms with Gasteiger partial charge in [0.05, 0.1) is 9.82 Å². The Morgan fingerprint density at radius 3 is 2.81 bits per heavy atom. The van der Waals surface area contributed by atoms with Crippen LogP contribution >= 0.6 is 0 Å². The van der Waals surface area contributed by atoms with Gasteiger partial charge in [0.25, 0.3) is 5.69 Å². The van der Waals surface area contributed by atoms with Gasteiger partial charge in [-0.3, -0.25) is 10.1 Å². The summed E-state index contributed by atoms with van der Waals surface area (Å²) in [4.78, 5) is 24.0. The molecular weight excluding hydrogens is 298 g/mol. The van der Waals surface area contributed by atoms with E-state index in [9.17, 15) is 23.3 Å². The Kier molecular flexibility index (Phi) is 4.17. The molecule has 8 nitrogen and oxygen atoms in total. The largest absolute Gasteiger partial charge is 0.273 e. The highest BCUT2D eigenvalue weighted by atomic mass is 32.2. The van der Waals surface area contributed by atoms with Crippen LogP contribution in [-0.4, -0.2) is 36.4 Å². The number of rotatable bonds is 4. The molecule has 1 aliphatic heterocycles. The average Bonchev–Trinajstić information content (AvgIpc) is 2.88. The first-order valence-corrected chi connectivity index (χ1v) is 7.66. The highest BCUT2D eigenvalue weighted by molar-refractivity contribution is 7.89. The molecule has 1 aromatic carbocycles. The molecule has 0 aromatic heterocycles. The number of nitrogens with zero attached hydrogens (tertiary/aromatic N) is 3. The van der Waals surface area contributed by atoms with E-state index in [2.05, 4.69) is 4.99 Å². The molecule has 1 heterocycles. The van der Waals surface area contributed by atoms with E-state index in [1.54, 1.807) is 0 Å². The van der Waals surface area contributed by atoms with Crippen LogP contribution < -0.4 is 0 Å². The Hall–Kier alpha value is -2.09. The summed E-state index contributed by atoms with van der Waals surface area (Å²) in [5, 5.41) is 10.9. The fourth-order valence-corrected chi connectivity index (χ4v) is 3.89. The van der Waals surface area contributed by atoms with Crippen LogP contribution in [0.1, 0.15) is 18.4 Å². The number of aliphatic imine (C=N–C) groups is 1. The van der Waals surface area contributed by atoms with Crippen molar-refractivity contribution in [1.82, 2.24) is 4.31 Å². The molecule has 1 aromatic rings. The van der Waals surface area contributed by atoms with Crippen molar-refractivity contribution in [2.75, 3.05) is 6.54 Å². The van der Waals surface area contributed by atoms with Gasteiger partial charge in [-0.05, 0) is 25.8 Å². The van der Waals surface area contributed by atoms with Crippen molar-refractivity contribution < 1.29 is 18.1 Å². The van der Waals surface area contributed by atoms with Crippen LogP contribution in [0.2, 0.25) is 0 Å². The maximum Gasteiger partial charge on any atom is 0.273 e. The zero-order valence-corrected chi connectivity index (χ0v) is 12.0. The van der Waals surface area contributed by atoms with E-state index >= 15 is 0 Å². The van der Waals surface area contributed by atoms with Crippen molar-refractivity contribution in [3.8, 4) is 0 Å². The molecule has 112 valence electrons. The normalized spacial score (nSPS) is 19.2. The first kappa shape index (κ1) is 15.3. The monoisotopic (exact) mass is 311 g/mol. The topological polar surface area (TPSA) is 110 Å². The molecule has 1 aliphatic rings. The molecule has 0 bridgehead atoms. The molecule has 0 radical (unpaired) electrons. The summed E-state index contributed by atoms with van der Waals surface area (Å²) >= 11 is 0. The van der Waals surface area contributed by atoms with Crippen LogP contribution in [0.4, 0.5) is 5.69 Å². The lowest BCUT2D eigenvalue weighted by atomic mass is 10.2. The minimum Gasteiger partial charge on any atom is -0.258 e. The SMILES string of the molecule is Cc1ccc(S(=O)(=O)N2CCCC2N=C=O)cc1[N+](=O)[O-]. The van der Waals surface area contributed by atoms with Crippen LogP contribution in [0.15, 0.2) is 28.1 Å². The molecule has 9 heteroatoms. The van der Waals surface area contributed by atoms with E-state index in [1.165, 1.54) is 25.1 Å². The van der Waals surface area contributed by atoms with Gasteiger partial charge in [-0.1, -0.05) is 6.07 Å². The summed E-state index contributed by atoms with van der Waals surface area (Å²) in [6.07, 6.45) is 1.58. The molecule has 21 heavy (non-hydrogen) atoms. The van der Waals surface area contributed by atoms with Crippen molar-refractivity contribution in [3.63, 3.8) is 0 Å². The Labute approximate surface area is 121 Å². The Bertz CT molecular complexity index is 724. The molecule has 0 N–H and O–H groups in total. The molecule has 0 saturated carbocycles. The van der Waals surface area contributed by atoms with Gasteiger partial charge in [0.2, 0.25) is 16.1 Å². The first-order valence-electron chi connectivity index (χ1n) is 6.22. The minimum atomic E-state index is -3.93. The van der Waals surface area contributed by atoms with Crippen molar-refractivity contribution in [3.05, 3.63) is 33.9 Å². The van der Waals surface area contributed by atoms with E-state index in [-0.39, 0.29) is 17.1 Å². The number of nitro benzene ring substituents is 1. The molecule has 1 unspecified atom stereocenters. The van der Waals surface area contributed by atoms with Crippen LogP contribution in [0.3, 0.4) is 0 Å². The van der Waals surface area contributed by atoms with Gasteiger partial charge in [0.15, 0.2) is 0 Å². The van der Waals surface area contributed by atoms with E-state index in [0.717, 1.165) is 10.4 Å². The predicted octanol–water partition coefficient (Wildman–Crippen LogP) is 1.35. The third-order valence-electron chi connectivity index (χ3n) is 3.36. The molecule has 1 saturated heterocycles. The number of hydrogen-bond acceptors (Lipinski definition) is 6. The minimum absolute atomic E-state index is 0.173. The van der Waals surface area contributed by atoms with Crippen LogP contribution in [-0.2, 0) is 14.8 Å². The number of sulfonamides is 1. The van der Waals surface area contributed by atoms with Gasteiger partial charge in [-0.25, -0.2) is 13.2 Å². The summed E-state index contributed by atoms with van der Waals surface area (Å²) in [6, 6.07) is 3.74. The van der Waals surface area contributed by atoms with E-state index < -0.39 is 21.1 Å². The summed E-state index contributed by atoms with van der Waals surface area (Å²) < 4.78 is 26.1. The van der Waals surface area contributed by atoms with Gasteiger partial charge in [-0.15, -0.1) is 0 Å². The van der Waals surface area contributed by atoms with E-state index in [4.69, 9.17) is 0 Å². The molecule has 1 atom stereocenters. The summed E-state index contributed by atoms with van der Waals surface area (Å²) in [6.45, 7) is 1.75. The molecule has 0 aliphatic carbocycles. The zero-order valence-electron chi connectivity index (χ0n) is 11.2. The molecule has 0 amide bonds. The predicted molar refractivity (Wildman–Crippen MR) is 72.9 cm³/mol. The Balaban J connectivity index is 2.47. The zero-order chi connectivity index (χ0) is 15.6. The lowest BCUT2D eigenvalue weighted by molar-refractivity contribution is -0.385. The van der Waals surface area contributed by atoms with E-state index in [1.807, 2.05) is 0 Å². The van der Waals surface area contributed by atoms with Crippen molar-refractivity contribution in [2.45, 2.75) is 30.8 Å². The highest BCUT2D eigenvalue weighted by Crippen LogP contribution is 2.29. The maximum atomic E-state index is 12.5. The summed E-state index contributed by atoms with van der Waals surface area (Å²) in [7, 11) is -3.93. The summed E-state index contributed by atoms with van der Waals surface area (Å²) in [5.41, 5.74) is 0.119. The quantitative estimate of drug-likeness (QED) is 0.361. The second kappa shape index (κ2) is 5.72. The van der Waals surface area contributed by atoms with Crippen molar-refractivity contribution >= 4 is 21.8 Å². The van der Waals surface area contributed by atoms with Crippen molar-refractivity contribution in [1.29, 1.82) is 0 Å². The number of isocyanates is 1. The lowest BCUT2D eigenvalue weighted by Gasteiger charge is -2.19. The van der Waals surface area contributed by atoms with Gasteiger partial charge in [0, 0.05) is 18.2 Å². The van der Waals surface area contributed by atoms with Gasteiger partial charge in [-0.2, -0.15) is 9.30 Å². The van der Waals surface area contributed by atoms with Crippen LogP contribution in [0.25, 0.3) is 0 Å². The van der Waals surface area contributed by atoms with Crippen molar-refractivity contribution in [2.24, 2.45) is 4.99 Å². The smallest absolute Gasteiger partial charge is 0.258 e.